The zero-order chi connectivity index (χ0) is 26.3. The molecule has 2 saturated heterocycles. The van der Waals surface area contributed by atoms with Crippen molar-refractivity contribution in [3.05, 3.63) is 46.7 Å². The van der Waals surface area contributed by atoms with Crippen LogP contribution in [-0.2, 0) is 11.2 Å². The lowest BCUT2D eigenvalue weighted by atomic mass is 9.96. The topological polar surface area (TPSA) is 110 Å². The van der Waals surface area contributed by atoms with Crippen LogP contribution >= 0.6 is 11.6 Å². The number of hydrogen-bond donors (Lipinski definition) is 2. The van der Waals surface area contributed by atoms with Gasteiger partial charge in [0.25, 0.3) is 5.91 Å². The van der Waals surface area contributed by atoms with Crippen molar-refractivity contribution in [2.24, 2.45) is 5.73 Å². The highest BCUT2D eigenvalue weighted by Crippen LogP contribution is 2.39. The van der Waals surface area contributed by atoms with Gasteiger partial charge in [-0.15, -0.1) is 0 Å². The summed E-state index contributed by atoms with van der Waals surface area (Å²) in [5.74, 6) is -0.239. The third kappa shape index (κ3) is 5.83. The van der Waals surface area contributed by atoms with Gasteiger partial charge in [-0.3, -0.25) is 9.59 Å². The average Bonchev–Trinajstić information content (AvgIpc) is 3.04. The number of fused-ring (bicyclic) bond motifs is 2. The van der Waals surface area contributed by atoms with E-state index in [2.05, 4.69) is 20.2 Å². The highest BCUT2D eigenvalue weighted by molar-refractivity contribution is 6.31. The molecule has 2 aliphatic heterocycles. The molecule has 4 rings (SSSR count). The van der Waals surface area contributed by atoms with E-state index in [0.717, 1.165) is 30.9 Å². The van der Waals surface area contributed by atoms with Gasteiger partial charge in [0.15, 0.2) is 5.60 Å². The maximum atomic E-state index is 13.1. The summed E-state index contributed by atoms with van der Waals surface area (Å²) in [5.41, 5.74) is 4.20. The van der Waals surface area contributed by atoms with Crippen molar-refractivity contribution in [1.29, 1.82) is 0 Å². The largest absolute Gasteiger partial charge is 0.460 e. The molecule has 2 aromatic rings. The van der Waals surface area contributed by atoms with Gasteiger partial charge in [-0.2, -0.15) is 13.2 Å². The fourth-order valence-corrected chi connectivity index (χ4v) is 5.10. The Labute approximate surface area is 211 Å². The number of nitrogens with one attached hydrogen (secondary N) is 1. The highest BCUT2D eigenvalue weighted by atomic mass is 35.5. The summed E-state index contributed by atoms with van der Waals surface area (Å²) in [6.45, 7) is 3.11. The van der Waals surface area contributed by atoms with Gasteiger partial charge in [0.05, 0.1) is 12.0 Å². The Bertz CT molecular complexity index is 1130. The molecule has 0 saturated carbocycles. The quantitative estimate of drug-likeness (QED) is 0.569. The maximum Gasteiger partial charge on any atom is 0.393 e. The van der Waals surface area contributed by atoms with Gasteiger partial charge in [0.2, 0.25) is 11.8 Å². The van der Waals surface area contributed by atoms with Crippen LogP contribution < -0.4 is 20.7 Å². The molecule has 0 aromatic carbocycles. The molecular formula is C24H27ClF3N5O3. The summed E-state index contributed by atoms with van der Waals surface area (Å²) in [6, 6.07) is 4.87. The Morgan fingerprint density at radius 1 is 1.17 bits per heavy atom. The third-order valence-corrected chi connectivity index (χ3v) is 6.80. The molecule has 2 fully saturated rings. The van der Waals surface area contributed by atoms with Crippen molar-refractivity contribution < 1.29 is 27.5 Å². The first-order valence-corrected chi connectivity index (χ1v) is 12.0. The third-order valence-electron chi connectivity index (χ3n) is 6.53. The number of nitrogens with two attached hydrogens (primary N) is 1. The molecular weight excluding hydrogens is 499 g/mol. The Kier molecular flexibility index (Phi) is 7.05. The summed E-state index contributed by atoms with van der Waals surface area (Å²) < 4.78 is 43.6. The van der Waals surface area contributed by atoms with Crippen LogP contribution in [0.1, 0.15) is 55.5 Å². The maximum absolute atomic E-state index is 13.1. The molecule has 8 nitrogen and oxygen atoms in total. The molecule has 0 aliphatic carbocycles. The van der Waals surface area contributed by atoms with Crippen LogP contribution in [0.3, 0.4) is 0 Å². The molecule has 2 amide bonds. The number of pyridine rings is 2. The number of carbonyl (C=O) groups excluding carboxylic acids is 2. The minimum atomic E-state index is -4.38. The lowest BCUT2D eigenvalue weighted by Crippen LogP contribution is -2.55. The van der Waals surface area contributed by atoms with Crippen LogP contribution in [-0.4, -0.2) is 51.7 Å². The molecule has 2 atom stereocenters. The second-order valence-electron chi connectivity index (χ2n) is 9.74. The number of piperidine rings is 1. The van der Waals surface area contributed by atoms with Gasteiger partial charge in [0.1, 0.15) is 10.8 Å². The van der Waals surface area contributed by atoms with E-state index in [-0.39, 0.29) is 40.5 Å². The van der Waals surface area contributed by atoms with E-state index < -0.39 is 24.1 Å². The Hall–Kier alpha value is -3.08. The number of primary amides is 1. The molecule has 2 bridgehead atoms. The Balaban J connectivity index is 1.37. The van der Waals surface area contributed by atoms with Crippen LogP contribution in [0, 0.1) is 0 Å². The van der Waals surface area contributed by atoms with E-state index in [4.69, 9.17) is 22.1 Å². The first kappa shape index (κ1) is 26.0. The van der Waals surface area contributed by atoms with E-state index in [1.54, 1.807) is 26.0 Å². The molecule has 12 heteroatoms. The number of carbonyl (C=O) groups is 2. The summed E-state index contributed by atoms with van der Waals surface area (Å²) in [4.78, 5) is 34.9. The fourth-order valence-electron chi connectivity index (χ4n) is 4.87. The van der Waals surface area contributed by atoms with Crippen molar-refractivity contribution in [3.8, 4) is 5.88 Å². The minimum Gasteiger partial charge on any atom is -0.460 e. The van der Waals surface area contributed by atoms with Crippen molar-refractivity contribution in [1.82, 2.24) is 15.3 Å². The lowest BCUT2D eigenvalue weighted by molar-refractivity contribution is -0.135. The second-order valence-corrected chi connectivity index (χ2v) is 10.1. The Morgan fingerprint density at radius 3 is 2.36 bits per heavy atom. The average molecular weight is 526 g/mol. The molecule has 2 aliphatic rings. The van der Waals surface area contributed by atoms with Gasteiger partial charge >= 0.3 is 6.18 Å². The van der Waals surface area contributed by atoms with Gasteiger partial charge in [-0.1, -0.05) is 11.6 Å². The summed E-state index contributed by atoms with van der Waals surface area (Å²) in [6.07, 6.45) is 0.311. The smallest absolute Gasteiger partial charge is 0.393 e. The number of amides is 2. The molecule has 36 heavy (non-hydrogen) atoms. The van der Waals surface area contributed by atoms with Gasteiger partial charge in [-0.25, -0.2) is 9.97 Å². The van der Waals surface area contributed by atoms with Crippen LogP contribution in [0.4, 0.5) is 19.0 Å². The molecule has 4 heterocycles. The van der Waals surface area contributed by atoms with Crippen molar-refractivity contribution in [3.63, 3.8) is 0 Å². The van der Waals surface area contributed by atoms with E-state index >= 15 is 0 Å². The Morgan fingerprint density at radius 2 is 1.83 bits per heavy atom. The van der Waals surface area contributed by atoms with Gasteiger partial charge < -0.3 is 20.7 Å². The van der Waals surface area contributed by atoms with E-state index in [1.165, 1.54) is 6.20 Å². The standard InChI is InChI=1S/C24H27ClF3N5O3/c1-23(2,36-21-18(25)7-13(11-31-21)10-24(26,27)28)22(35)32-15-8-16-4-5-17(9-15)33(16)19-6-3-14(12-30-19)20(29)34/h3,6-7,11-12,15-17H,4-5,8-10H2,1-2H3,(H2,29,34)(H,32,35). The number of aromatic nitrogens is 2. The summed E-state index contributed by atoms with van der Waals surface area (Å²) >= 11 is 6.09. The van der Waals surface area contributed by atoms with E-state index in [9.17, 15) is 22.8 Å². The number of anilines is 1. The van der Waals surface area contributed by atoms with Crippen molar-refractivity contribution in [2.75, 3.05) is 4.90 Å². The SMILES string of the molecule is CC(C)(Oc1ncc(CC(F)(F)F)cc1Cl)C(=O)NC1CC2CCC(C1)N2c1ccc(C(N)=O)cn1. The van der Waals surface area contributed by atoms with Crippen LogP contribution in [0.25, 0.3) is 0 Å². The van der Waals surface area contributed by atoms with E-state index in [1.807, 2.05) is 0 Å². The zero-order valence-electron chi connectivity index (χ0n) is 19.8. The highest BCUT2D eigenvalue weighted by Gasteiger charge is 2.43. The predicted octanol–water partition coefficient (Wildman–Crippen LogP) is 3.81. The molecule has 3 N–H and O–H groups in total. The molecule has 0 radical (unpaired) electrons. The number of rotatable bonds is 7. The van der Waals surface area contributed by atoms with Crippen LogP contribution in [0.2, 0.25) is 5.02 Å². The number of hydrogen-bond acceptors (Lipinski definition) is 6. The molecule has 2 unspecified atom stereocenters. The van der Waals surface area contributed by atoms with Crippen LogP contribution in [0.5, 0.6) is 5.88 Å². The number of alkyl halides is 3. The summed E-state index contributed by atoms with van der Waals surface area (Å²) in [5, 5.41) is 2.95. The zero-order valence-corrected chi connectivity index (χ0v) is 20.6. The molecule has 2 aromatic heterocycles. The number of nitrogens with zero attached hydrogens (tertiary/aromatic N) is 3. The van der Waals surface area contributed by atoms with Gasteiger partial charge in [0, 0.05) is 30.5 Å². The second kappa shape index (κ2) is 9.76. The van der Waals surface area contributed by atoms with Crippen molar-refractivity contribution in [2.45, 2.75) is 75.9 Å². The first-order valence-electron chi connectivity index (χ1n) is 11.6. The van der Waals surface area contributed by atoms with E-state index in [0.29, 0.717) is 18.4 Å². The van der Waals surface area contributed by atoms with Crippen molar-refractivity contribution >= 4 is 29.2 Å². The van der Waals surface area contributed by atoms with Gasteiger partial charge in [-0.05, 0) is 63.3 Å². The number of halogens is 4. The predicted molar refractivity (Wildman–Crippen MR) is 127 cm³/mol. The van der Waals surface area contributed by atoms with Crippen LogP contribution in [0.15, 0.2) is 30.6 Å². The minimum absolute atomic E-state index is 0.0865. The lowest BCUT2D eigenvalue weighted by Gasteiger charge is -2.40. The monoisotopic (exact) mass is 525 g/mol. The molecule has 0 spiro atoms. The normalized spacial score (nSPS) is 21.8. The number of ether oxygens (including phenoxy) is 1. The first-order chi connectivity index (χ1) is 16.8. The summed E-state index contributed by atoms with van der Waals surface area (Å²) in [7, 11) is 0. The fraction of sp³-hybridized carbons (Fsp3) is 0.500. The molecule has 194 valence electrons.